The average Bonchev–Trinajstić information content (AvgIpc) is 3.14. The Morgan fingerprint density at radius 3 is 2.96 bits per heavy atom. The fraction of sp³-hybridized carbons (Fsp3) is 0.167. The molecule has 0 aliphatic carbocycles. The number of rotatable bonds is 1. The van der Waals surface area contributed by atoms with Crippen LogP contribution in [0.4, 0.5) is 0 Å². The van der Waals surface area contributed by atoms with E-state index in [0.717, 1.165) is 5.56 Å². The molecule has 0 spiro atoms. The van der Waals surface area contributed by atoms with E-state index in [9.17, 15) is 9.90 Å². The highest BCUT2D eigenvalue weighted by molar-refractivity contribution is 5.98. The summed E-state index contributed by atoms with van der Waals surface area (Å²) in [6.07, 6.45) is 2.99. The molecular weight excluding hydrogens is 312 g/mol. The molecule has 1 N–H and O–H groups in total. The van der Waals surface area contributed by atoms with E-state index in [4.69, 9.17) is 18.6 Å². The molecule has 6 nitrogen and oxygen atoms in total. The second-order valence-corrected chi connectivity index (χ2v) is 5.75. The van der Waals surface area contributed by atoms with Crippen molar-refractivity contribution in [3.63, 3.8) is 0 Å². The van der Waals surface area contributed by atoms with Crippen LogP contribution in [0.25, 0.3) is 21.9 Å². The molecule has 0 unspecified atom stereocenters. The summed E-state index contributed by atoms with van der Waals surface area (Å²) in [6.45, 7) is 0. The van der Waals surface area contributed by atoms with Gasteiger partial charge in [-0.05, 0) is 18.2 Å². The molecular formula is C18H12O6. The monoisotopic (exact) mass is 324 g/mol. The normalized spacial score (nSPS) is 20.7. The maximum atomic E-state index is 13.0. The first-order valence-corrected chi connectivity index (χ1v) is 7.47. The fourth-order valence-electron chi connectivity index (χ4n) is 3.43. The van der Waals surface area contributed by atoms with E-state index in [1.807, 2.05) is 6.08 Å². The topological polar surface area (TPSA) is 78.1 Å². The smallest absolute Gasteiger partial charge is 0.250 e. The molecule has 2 aromatic carbocycles. The Balaban J connectivity index is 2.00. The number of aromatic hydroxyl groups is 1. The summed E-state index contributed by atoms with van der Waals surface area (Å²) in [5.41, 5.74) is 1.13. The molecule has 1 aromatic heterocycles. The van der Waals surface area contributed by atoms with Crippen LogP contribution in [-0.4, -0.2) is 18.5 Å². The number of phenolic OH excluding ortho intramolecular Hbond substituents is 1. The van der Waals surface area contributed by atoms with Crippen molar-refractivity contribution in [2.75, 3.05) is 7.11 Å². The van der Waals surface area contributed by atoms with Crippen molar-refractivity contribution in [1.82, 2.24) is 0 Å². The van der Waals surface area contributed by atoms with E-state index in [2.05, 4.69) is 0 Å². The van der Waals surface area contributed by atoms with E-state index in [1.54, 1.807) is 24.5 Å². The van der Waals surface area contributed by atoms with Gasteiger partial charge in [-0.15, -0.1) is 0 Å². The minimum atomic E-state index is -0.458. The molecule has 6 heteroatoms. The van der Waals surface area contributed by atoms with Crippen LogP contribution in [0.3, 0.4) is 0 Å². The summed E-state index contributed by atoms with van der Waals surface area (Å²) in [5.74, 6) is 0.642. The molecule has 3 aromatic rings. The minimum absolute atomic E-state index is 0.121. The van der Waals surface area contributed by atoms with Gasteiger partial charge >= 0.3 is 0 Å². The van der Waals surface area contributed by atoms with Gasteiger partial charge in [0.15, 0.2) is 0 Å². The van der Waals surface area contributed by atoms with Gasteiger partial charge < -0.3 is 23.7 Å². The molecule has 5 rings (SSSR count). The van der Waals surface area contributed by atoms with Crippen molar-refractivity contribution in [2.45, 2.75) is 12.2 Å². The molecule has 0 amide bonds. The van der Waals surface area contributed by atoms with Crippen LogP contribution in [-0.2, 0) is 4.74 Å². The van der Waals surface area contributed by atoms with Crippen molar-refractivity contribution in [2.24, 2.45) is 0 Å². The third-order valence-corrected chi connectivity index (χ3v) is 4.50. The van der Waals surface area contributed by atoms with Crippen molar-refractivity contribution >= 4 is 21.9 Å². The summed E-state index contributed by atoms with van der Waals surface area (Å²) in [6, 6.07) is 6.40. The Hall–Kier alpha value is -3.15. The van der Waals surface area contributed by atoms with Crippen LogP contribution in [0, 0.1) is 0 Å². The Morgan fingerprint density at radius 2 is 2.12 bits per heavy atom. The number of benzene rings is 2. The van der Waals surface area contributed by atoms with Crippen molar-refractivity contribution < 1.29 is 23.7 Å². The Kier molecular flexibility index (Phi) is 2.46. The van der Waals surface area contributed by atoms with Crippen LogP contribution in [0.5, 0.6) is 17.2 Å². The summed E-state index contributed by atoms with van der Waals surface area (Å²) in [7, 11) is 1.47. The second kappa shape index (κ2) is 4.44. The number of hydrogen-bond donors (Lipinski definition) is 1. The van der Waals surface area contributed by atoms with Crippen LogP contribution < -0.4 is 14.9 Å². The fourth-order valence-corrected chi connectivity index (χ4v) is 3.43. The van der Waals surface area contributed by atoms with Crippen molar-refractivity contribution in [1.29, 1.82) is 0 Å². The highest BCUT2D eigenvalue weighted by Crippen LogP contribution is 2.48. The van der Waals surface area contributed by atoms with Gasteiger partial charge in [0.1, 0.15) is 39.2 Å². The van der Waals surface area contributed by atoms with Crippen molar-refractivity contribution in [3.05, 3.63) is 52.4 Å². The number of ether oxygens (including phenoxy) is 3. The quantitative estimate of drug-likeness (QED) is 0.693. The molecule has 24 heavy (non-hydrogen) atoms. The van der Waals surface area contributed by atoms with Gasteiger partial charge in [-0.2, -0.15) is 0 Å². The van der Waals surface area contributed by atoms with Gasteiger partial charge in [-0.1, -0.05) is 6.07 Å². The summed E-state index contributed by atoms with van der Waals surface area (Å²) < 4.78 is 22.6. The van der Waals surface area contributed by atoms with Gasteiger partial charge in [-0.25, -0.2) is 0 Å². The van der Waals surface area contributed by atoms with Crippen molar-refractivity contribution in [3.8, 4) is 17.2 Å². The van der Waals surface area contributed by atoms with Gasteiger partial charge in [0.2, 0.25) is 5.43 Å². The molecule has 2 aliphatic rings. The lowest BCUT2D eigenvalue weighted by Gasteiger charge is -2.11. The van der Waals surface area contributed by atoms with E-state index in [1.165, 1.54) is 13.2 Å². The number of fused-ring (bicyclic) bond motifs is 6. The number of methoxy groups -OCH3 is 1. The zero-order chi connectivity index (χ0) is 16.4. The van der Waals surface area contributed by atoms with E-state index < -0.39 is 6.29 Å². The minimum Gasteiger partial charge on any atom is -0.507 e. The average molecular weight is 324 g/mol. The first kappa shape index (κ1) is 13.3. The van der Waals surface area contributed by atoms with Gasteiger partial charge in [0, 0.05) is 6.07 Å². The van der Waals surface area contributed by atoms with Crippen LogP contribution in [0.15, 0.2) is 45.8 Å². The van der Waals surface area contributed by atoms with Crippen LogP contribution >= 0.6 is 0 Å². The molecule has 0 saturated carbocycles. The maximum Gasteiger partial charge on any atom is 0.250 e. The van der Waals surface area contributed by atoms with Gasteiger partial charge in [0.25, 0.3) is 6.29 Å². The first-order valence-electron chi connectivity index (χ1n) is 7.47. The van der Waals surface area contributed by atoms with Gasteiger partial charge in [-0.3, -0.25) is 4.79 Å². The standard InChI is InChI=1S/C18H12O6/c1-21-11-7-12-13(8-5-6-22-18(8)24-12)17-15(11)16(20)14-9(19)3-2-4-10(14)23-17/h2-8,18-19H,1H3/t8-,18-/m1/s1. The van der Waals surface area contributed by atoms with Gasteiger partial charge in [0.05, 0.1) is 24.9 Å². The van der Waals surface area contributed by atoms with E-state index >= 15 is 0 Å². The zero-order valence-corrected chi connectivity index (χ0v) is 12.6. The Morgan fingerprint density at radius 1 is 1.25 bits per heavy atom. The van der Waals surface area contributed by atoms with E-state index in [0.29, 0.717) is 22.7 Å². The molecule has 0 fully saturated rings. The molecule has 120 valence electrons. The second-order valence-electron chi connectivity index (χ2n) is 5.75. The lowest BCUT2D eigenvalue weighted by Crippen LogP contribution is -2.14. The molecule has 3 heterocycles. The third-order valence-electron chi connectivity index (χ3n) is 4.50. The predicted octanol–water partition coefficient (Wildman–Crippen LogP) is 3.01. The molecule has 0 bridgehead atoms. The lowest BCUT2D eigenvalue weighted by atomic mass is 9.97. The number of phenols is 1. The Bertz CT molecular complexity index is 1090. The maximum absolute atomic E-state index is 13.0. The zero-order valence-electron chi connectivity index (χ0n) is 12.6. The molecule has 0 radical (unpaired) electrons. The molecule has 0 saturated heterocycles. The predicted molar refractivity (Wildman–Crippen MR) is 85.6 cm³/mol. The van der Waals surface area contributed by atoms with Crippen LogP contribution in [0.2, 0.25) is 0 Å². The Labute approximate surface area is 135 Å². The molecule has 2 atom stereocenters. The first-order chi connectivity index (χ1) is 11.7. The number of hydrogen-bond acceptors (Lipinski definition) is 6. The molecule has 2 aliphatic heterocycles. The summed E-state index contributed by atoms with van der Waals surface area (Å²) in [4.78, 5) is 13.0. The highest BCUT2D eigenvalue weighted by atomic mass is 16.7. The lowest BCUT2D eigenvalue weighted by molar-refractivity contribution is -0.00484. The SMILES string of the molecule is COc1cc2c(c3oc4cccc(O)c4c(=O)c13)[C@H]1C=CO[C@@H]1O2. The largest absolute Gasteiger partial charge is 0.507 e. The third kappa shape index (κ3) is 1.52. The van der Waals surface area contributed by atoms with E-state index in [-0.39, 0.29) is 27.9 Å². The summed E-state index contributed by atoms with van der Waals surface area (Å²) in [5, 5.41) is 10.5. The van der Waals surface area contributed by atoms with Crippen LogP contribution in [0.1, 0.15) is 11.5 Å². The highest BCUT2D eigenvalue weighted by Gasteiger charge is 2.40. The summed E-state index contributed by atoms with van der Waals surface area (Å²) >= 11 is 0.